The fraction of sp³-hybridized carbons (Fsp3) is 0.227. The number of thiazole rings is 1. The van der Waals surface area contributed by atoms with Crippen molar-refractivity contribution in [1.82, 2.24) is 10.3 Å². The Labute approximate surface area is 173 Å². The molecular weight excluding hydrogens is 388 g/mol. The van der Waals surface area contributed by atoms with Gasteiger partial charge in [0.15, 0.2) is 0 Å². The monoisotopic (exact) mass is 410 g/mol. The number of nitrogens with one attached hydrogen (secondary N) is 1. The molecular formula is C22H22N2O4S. The van der Waals surface area contributed by atoms with Crippen LogP contribution in [-0.4, -0.2) is 24.0 Å². The molecule has 0 saturated heterocycles. The summed E-state index contributed by atoms with van der Waals surface area (Å²) >= 11 is 1.58. The minimum atomic E-state index is -0.472. The smallest absolute Gasteiger partial charge is 0.307 e. The zero-order chi connectivity index (χ0) is 20.6. The van der Waals surface area contributed by atoms with E-state index in [0.29, 0.717) is 17.9 Å². The normalized spacial score (nSPS) is 11.5. The largest absolute Gasteiger partial charge is 0.487 e. The number of amides is 1. The number of carbonyl (C=O) groups is 2. The highest BCUT2D eigenvalue weighted by Crippen LogP contribution is 2.19. The molecule has 0 aliphatic carbocycles. The first-order chi connectivity index (χ1) is 14.0. The first kappa shape index (κ1) is 20.5. The Kier molecular flexibility index (Phi) is 6.97. The van der Waals surface area contributed by atoms with Gasteiger partial charge in [-0.2, -0.15) is 0 Å². The summed E-state index contributed by atoms with van der Waals surface area (Å²) in [5, 5.41) is 5.86. The highest BCUT2D eigenvalue weighted by Gasteiger charge is 2.19. The predicted octanol–water partition coefficient (Wildman–Crippen LogP) is 4.06. The van der Waals surface area contributed by atoms with Gasteiger partial charge in [-0.05, 0) is 36.8 Å². The van der Waals surface area contributed by atoms with Crippen molar-refractivity contribution in [2.75, 3.05) is 7.11 Å². The second kappa shape index (κ2) is 9.84. The Balaban J connectivity index is 1.64. The molecule has 0 spiro atoms. The number of esters is 1. The molecule has 150 valence electrons. The topological polar surface area (TPSA) is 77.5 Å². The van der Waals surface area contributed by atoms with Gasteiger partial charge < -0.3 is 14.8 Å². The molecule has 3 aromatic rings. The zero-order valence-corrected chi connectivity index (χ0v) is 17.1. The first-order valence-electron chi connectivity index (χ1n) is 9.11. The van der Waals surface area contributed by atoms with E-state index < -0.39 is 6.04 Å². The van der Waals surface area contributed by atoms with E-state index in [-0.39, 0.29) is 18.3 Å². The van der Waals surface area contributed by atoms with Crippen LogP contribution < -0.4 is 10.1 Å². The van der Waals surface area contributed by atoms with Crippen LogP contribution in [0.4, 0.5) is 0 Å². The minimum absolute atomic E-state index is 0.0561. The lowest BCUT2D eigenvalue weighted by Crippen LogP contribution is -2.30. The number of ether oxygens (including phenoxy) is 2. The summed E-state index contributed by atoms with van der Waals surface area (Å²) in [6, 6.07) is 15.7. The molecule has 0 bridgehead atoms. The van der Waals surface area contributed by atoms with Gasteiger partial charge in [0.05, 0.1) is 30.3 Å². The van der Waals surface area contributed by atoms with Crippen molar-refractivity contribution in [2.45, 2.75) is 26.0 Å². The van der Waals surface area contributed by atoms with E-state index in [9.17, 15) is 9.59 Å². The molecule has 6 nitrogen and oxygen atoms in total. The lowest BCUT2D eigenvalue weighted by atomic mass is 10.0. The summed E-state index contributed by atoms with van der Waals surface area (Å²) in [5.41, 5.74) is 2.19. The van der Waals surface area contributed by atoms with Crippen molar-refractivity contribution in [1.29, 1.82) is 0 Å². The average Bonchev–Trinajstić information content (AvgIpc) is 3.17. The second-order valence-corrected chi connectivity index (χ2v) is 7.45. The SMILES string of the molecule is COC(=O)C[C@H](NC(=O)c1ccc(OCc2csc(C)n2)cc1)c1ccccc1. The summed E-state index contributed by atoms with van der Waals surface area (Å²) in [4.78, 5) is 28.8. The van der Waals surface area contributed by atoms with E-state index in [0.717, 1.165) is 16.3 Å². The number of methoxy groups -OCH3 is 1. The molecule has 0 aliphatic rings. The highest BCUT2D eigenvalue weighted by atomic mass is 32.1. The van der Waals surface area contributed by atoms with Crippen molar-refractivity contribution in [3.63, 3.8) is 0 Å². The summed E-state index contributed by atoms with van der Waals surface area (Å²) in [7, 11) is 1.33. The van der Waals surface area contributed by atoms with Crippen LogP contribution in [0, 0.1) is 6.92 Å². The Morgan fingerprint density at radius 1 is 1.10 bits per heavy atom. The van der Waals surface area contributed by atoms with Gasteiger partial charge in [0.25, 0.3) is 5.91 Å². The molecule has 0 fully saturated rings. The van der Waals surface area contributed by atoms with E-state index in [4.69, 9.17) is 9.47 Å². The van der Waals surface area contributed by atoms with Crippen LogP contribution >= 0.6 is 11.3 Å². The van der Waals surface area contributed by atoms with Gasteiger partial charge in [-0.15, -0.1) is 11.3 Å². The van der Waals surface area contributed by atoms with Gasteiger partial charge >= 0.3 is 5.97 Å². The van der Waals surface area contributed by atoms with Crippen LogP contribution in [0.3, 0.4) is 0 Å². The van der Waals surface area contributed by atoms with Gasteiger partial charge in [-0.3, -0.25) is 9.59 Å². The second-order valence-electron chi connectivity index (χ2n) is 6.39. The van der Waals surface area contributed by atoms with Crippen LogP contribution in [0.15, 0.2) is 60.0 Å². The lowest BCUT2D eigenvalue weighted by Gasteiger charge is -2.18. The summed E-state index contributed by atoms with van der Waals surface area (Å²) in [6.07, 6.45) is 0.0561. The molecule has 0 unspecified atom stereocenters. The van der Waals surface area contributed by atoms with Crippen LogP contribution in [0.2, 0.25) is 0 Å². The Morgan fingerprint density at radius 3 is 2.45 bits per heavy atom. The molecule has 1 heterocycles. The minimum Gasteiger partial charge on any atom is -0.487 e. The maximum absolute atomic E-state index is 12.7. The van der Waals surface area contributed by atoms with E-state index in [1.807, 2.05) is 42.6 Å². The number of rotatable bonds is 8. The number of carbonyl (C=O) groups excluding carboxylic acids is 2. The predicted molar refractivity (Wildman–Crippen MR) is 111 cm³/mol. The molecule has 29 heavy (non-hydrogen) atoms. The van der Waals surface area contributed by atoms with Gasteiger partial charge in [0.1, 0.15) is 12.4 Å². The number of nitrogens with zero attached hydrogens (tertiary/aromatic N) is 1. The van der Waals surface area contributed by atoms with Gasteiger partial charge in [-0.1, -0.05) is 30.3 Å². The van der Waals surface area contributed by atoms with E-state index in [2.05, 4.69) is 10.3 Å². The summed E-state index contributed by atoms with van der Waals surface area (Å²) in [6.45, 7) is 2.33. The molecule has 1 N–H and O–H groups in total. The van der Waals surface area contributed by atoms with E-state index in [1.165, 1.54) is 7.11 Å². The quantitative estimate of drug-likeness (QED) is 0.567. The first-order valence-corrected chi connectivity index (χ1v) is 9.99. The van der Waals surface area contributed by atoms with Crippen molar-refractivity contribution in [3.8, 4) is 5.75 Å². The van der Waals surface area contributed by atoms with E-state index in [1.54, 1.807) is 35.6 Å². The third kappa shape index (κ3) is 5.89. The van der Waals surface area contributed by atoms with Crippen molar-refractivity contribution >= 4 is 23.2 Å². The maximum Gasteiger partial charge on any atom is 0.307 e. The van der Waals surface area contributed by atoms with E-state index >= 15 is 0 Å². The van der Waals surface area contributed by atoms with Crippen LogP contribution in [-0.2, 0) is 16.1 Å². The number of hydrogen-bond donors (Lipinski definition) is 1. The van der Waals surface area contributed by atoms with Crippen molar-refractivity contribution in [3.05, 3.63) is 81.8 Å². The fourth-order valence-corrected chi connectivity index (χ4v) is 3.36. The zero-order valence-electron chi connectivity index (χ0n) is 16.3. The van der Waals surface area contributed by atoms with Crippen LogP contribution in [0.5, 0.6) is 5.75 Å². The number of aryl methyl sites for hydroxylation is 1. The average molecular weight is 410 g/mol. The summed E-state index contributed by atoms with van der Waals surface area (Å²) < 4.78 is 10.5. The molecule has 0 aliphatic heterocycles. The van der Waals surface area contributed by atoms with Gasteiger partial charge in [0, 0.05) is 10.9 Å². The fourth-order valence-electron chi connectivity index (χ4n) is 2.76. The number of hydrogen-bond acceptors (Lipinski definition) is 6. The standard InChI is InChI=1S/C22H22N2O4S/c1-15-23-18(14-29-15)13-28-19-10-8-17(9-11-19)22(26)24-20(12-21(25)27-2)16-6-4-3-5-7-16/h3-11,14,20H,12-13H2,1-2H3,(H,24,26)/t20-/m0/s1. The van der Waals surface area contributed by atoms with Gasteiger partial charge in [-0.25, -0.2) is 4.98 Å². The number of benzene rings is 2. The highest BCUT2D eigenvalue weighted by molar-refractivity contribution is 7.09. The maximum atomic E-state index is 12.7. The lowest BCUT2D eigenvalue weighted by molar-refractivity contribution is -0.141. The Bertz CT molecular complexity index is 954. The van der Waals surface area contributed by atoms with Crippen LogP contribution in [0.25, 0.3) is 0 Å². The molecule has 1 atom stereocenters. The third-order valence-electron chi connectivity index (χ3n) is 4.28. The third-order valence-corrected chi connectivity index (χ3v) is 5.10. The molecule has 7 heteroatoms. The molecule has 3 rings (SSSR count). The van der Waals surface area contributed by atoms with Crippen LogP contribution in [0.1, 0.15) is 39.1 Å². The van der Waals surface area contributed by atoms with Gasteiger partial charge in [0.2, 0.25) is 0 Å². The molecule has 0 saturated carbocycles. The summed E-state index contributed by atoms with van der Waals surface area (Å²) in [5.74, 6) is -0.00835. The van der Waals surface area contributed by atoms with Crippen molar-refractivity contribution < 1.29 is 19.1 Å². The number of aromatic nitrogens is 1. The van der Waals surface area contributed by atoms with Crippen molar-refractivity contribution in [2.24, 2.45) is 0 Å². The molecule has 2 aromatic carbocycles. The Hall–Kier alpha value is -3.19. The molecule has 1 aromatic heterocycles. The molecule has 1 amide bonds. The molecule has 0 radical (unpaired) electrons. The Morgan fingerprint density at radius 2 is 1.83 bits per heavy atom.